The highest BCUT2D eigenvalue weighted by molar-refractivity contribution is 5.83. The molecule has 1 saturated carbocycles. The predicted molar refractivity (Wildman–Crippen MR) is 86.5 cm³/mol. The van der Waals surface area contributed by atoms with Crippen molar-refractivity contribution in [3.05, 3.63) is 29.8 Å². The molecule has 0 aromatic heterocycles. The van der Waals surface area contributed by atoms with Gasteiger partial charge in [0.15, 0.2) is 0 Å². The Hall–Kier alpha value is -2.02. The van der Waals surface area contributed by atoms with Crippen LogP contribution in [0.2, 0.25) is 0 Å². The van der Waals surface area contributed by atoms with E-state index in [0.717, 1.165) is 44.2 Å². The van der Waals surface area contributed by atoms with Gasteiger partial charge in [0.1, 0.15) is 5.54 Å². The highest BCUT2D eigenvalue weighted by atomic mass is 16.2. The number of hydrogen-bond donors (Lipinski definition) is 1. The molecule has 4 heteroatoms. The third-order valence-electron chi connectivity index (χ3n) is 4.96. The largest absolute Gasteiger partial charge is 0.359 e. The van der Waals surface area contributed by atoms with Gasteiger partial charge in [-0.1, -0.05) is 37.5 Å². The maximum Gasteiger partial charge on any atom is 0.240 e. The van der Waals surface area contributed by atoms with Crippen LogP contribution in [-0.4, -0.2) is 24.0 Å². The van der Waals surface area contributed by atoms with E-state index in [-0.39, 0.29) is 5.91 Å². The van der Waals surface area contributed by atoms with Crippen LogP contribution in [-0.2, 0) is 11.2 Å². The van der Waals surface area contributed by atoms with E-state index in [0.29, 0.717) is 12.6 Å². The number of nitrogens with zero attached hydrogens (tertiary/aromatic N) is 2. The maximum absolute atomic E-state index is 12.5. The van der Waals surface area contributed by atoms with E-state index >= 15 is 0 Å². The number of benzene rings is 1. The summed E-state index contributed by atoms with van der Waals surface area (Å²) in [5.41, 5.74) is 1.81. The SMILES string of the molecule is C[C@@H]1Cc2ccccc2N1CC(=O)NC1(C#N)CCCCC1. The van der Waals surface area contributed by atoms with Gasteiger partial charge in [-0.15, -0.1) is 0 Å². The number of hydrogen-bond acceptors (Lipinski definition) is 3. The number of nitriles is 1. The van der Waals surface area contributed by atoms with E-state index in [1.54, 1.807) is 0 Å². The van der Waals surface area contributed by atoms with Crippen LogP contribution in [0.15, 0.2) is 24.3 Å². The third kappa shape index (κ3) is 2.81. The first-order chi connectivity index (χ1) is 10.6. The van der Waals surface area contributed by atoms with Crippen molar-refractivity contribution in [3.8, 4) is 6.07 Å². The first-order valence-electron chi connectivity index (χ1n) is 8.20. The molecule has 1 fully saturated rings. The minimum atomic E-state index is -0.641. The van der Waals surface area contributed by atoms with Gasteiger partial charge >= 0.3 is 0 Å². The minimum Gasteiger partial charge on any atom is -0.359 e. The lowest BCUT2D eigenvalue weighted by atomic mass is 9.83. The summed E-state index contributed by atoms with van der Waals surface area (Å²) in [6.07, 6.45) is 5.75. The maximum atomic E-state index is 12.5. The Labute approximate surface area is 132 Å². The Bertz CT molecular complexity index is 599. The molecule has 1 aromatic rings. The minimum absolute atomic E-state index is 0.0352. The first-order valence-corrected chi connectivity index (χ1v) is 8.20. The molecular formula is C18H23N3O. The number of para-hydroxylation sites is 1. The number of nitrogens with one attached hydrogen (secondary N) is 1. The summed E-state index contributed by atoms with van der Waals surface area (Å²) in [4.78, 5) is 14.6. The molecule has 22 heavy (non-hydrogen) atoms. The molecule has 1 atom stereocenters. The second kappa shape index (κ2) is 6.00. The van der Waals surface area contributed by atoms with Gasteiger partial charge in [0, 0.05) is 11.7 Å². The predicted octanol–water partition coefficient (Wildman–Crippen LogP) is 2.78. The zero-order chi connectivity index (χ0) is 15.6. The van der Waals surface area contributed by atoms with Crippen molar-refractivity contribution < 1.29 is 4.79 Å². The lowest BCUT2D eigenvalue weighted by Gasteiger charge is -2.33. The average molecular weight is 297 g/mol. The van der Waals surface area contributed by atoms with Crippen molar-refractivity contribution in [1.29, 1.82) is 5.26 Å². The Morgan fingerprint density at radius 1 is 1.36 bits per heavy atom. The van der Waals surface area contributed by atoms with Gasteiger partial charge in [-0.25, -0.2) is 0 Å². The molecule has 0 saturated heterocycles. The molecule has 1 N–H and O–H groups in total. The summed E-state index contributed by atoms with van der Waals surface area (Å²) in [6, 6.07) is 10.9. The van der Waals surface area contributed by atoms with Crippen LogP contribution in [0.1, 0.15) is 44.6 Å². The average Bonchev–Trinajstić information content (AvgIpc) is 2.84. The molecule has 1 heterocycles. The summed E-state index contributed by atoms with van der Waals surface area (Å²) in [6.45, 7) is 2.48. The molecule has 4 nitrogen and oxygen atoms in total. The second-order valence-electron chi connectivity index (χ2n) is 6.61. The number of anilines is 1. The van der Waals surface area contributed by atoms with Crippen LogP contribution >= 0.6 is 0 Å². The molecule has 0 spiro atoms. The Kier molecular flexibility index (Phi) is 4.06. The van der Waals surface area contributed by atoms with Crippen molar-refractivity contribution in [2.45, 2.75) is 57.0 Å². The zero-order valence-corrected chi connectivity index (χ0v) is 13.1. The summed E-state index contributed by atoms with van der Waals surface area (Å²) in [5, 5.41) is 12.5. The lowest BCUT2D eigenvalue weighted by molar-refractivity contribution is -0.121. The molecule has 1 amide bonds. The van der Waals surface area contributed by atoms with E-state index in [9.17, 15) is 10.1 Å². The smallest absolute Gasteiger partial charge is 0.240 e. The Balaban J connectivity index is 1.68. The van der Waals surface area contributed by atoms with Gasteiger partial charge in [0.2, 0.25) is 5.91 Å². The molecular weight excluding hydrogens is 274 g/mol. The van der Waals surface area contributed by atoms with E-state index in [1.165, 1.54) is 5.56 Å². The number of carbonyl (C=O) groups is 1. The molecule has 2 aliphatic rings. The number of fused-ring (bicyclic) bond motifs is 1. The normalized spacial score (nSPS) is 22.7. The molecule has 116 valence electrons. The Morgan fingerprint density at radius 2 is 2.09 bits per heavy atom. The van der Waals surface area contributed by atoms with Crippen molar-refractivity contribution >= 4 is 11.6 Å². The van der Waals surface area contributed by atoms with Crippen LogP contribution in [0.3, 0.4) is 0 Å². The van der Waals surface area contributed by atoms with E-state index in [4.69, 9.17) is 0 Å². The molecule has 1 aliphatic heterocycles. The van der Waals surface area contributed by atoms with E-state index in [2.05, 4.69) is 35.3 Å². The number of carbonyl (C=O) groups excluding carboxylic acids is 1. The third-order valence-corrected chi connectivity index (χ3v) is 4.96. The fourth-order valence-electron chi connectivity index (χ4n) is 3.75. The monoisotopic (exact) mass is 297 g/mol. The van der Waals surface area contributed by atoms with Gasteiger partial charge in [-0.2, -0.15) is 5.26 Å². The number of rotatable bonds is 3. The van der Waals surface area contributed by atoms with Crippen LogP contribution < -0.4 is 10.2 Å². The van der Waals surface area contributed by atoms with Crippen LogP contribution in [0, 0.1) is 11.3 Å². The van der Waals surface area contributed by atoms with Crippen molar-refractivity contribution in [2.24, 2.45) is 0 Å². The molecule has 1 aromatic carbocycles. The summed E-state index contributed by atoms with van der Waals surface area (Å²) >= 11 is 0. The van der Waals surface area contributed by atoms with Gasteiger partial charge < -0.3 is 10.2 Å². The summed E-state index contributed by atoms with van der Waals surface area (Å²) in [5.74, 6) is -0.0352. The van der Waals surface area contributed by atoms with E-state index < -0.39 is 5.54 Å². The highest BCUT2D eigenvalue weighted by Gasteiger charge is 2.35. The molecule has 0 bridgehead atoms. The van der Waals surface area contributed by atoms with Gasteiger partial charge in [0.05, 0.1) is 12.6 Å². The van der Waals surface area contributed by atoms with Crippen molar-refractivity contribution in [2.75, 3.05) is 11.4 Å². The van der Waals surface area contributed by atoms with Gasteiger partial charge in [-0.3, -0.25) is 4.79 Å². The topological polar surface area (TPSA) is 56.1 Å². The molecule has 1 aliphatic carbocycles. The fourth-order valence-corrected chi connectivity index (χ4v) is 3.75. The lowest BCUT2D eigenvalue weighted by Crippen LogP contribution is -2.52. The van der Waals surface area contributed by atoms with Crippen molar-refractivity contribution in [1.82, 2.24) is 5.32 Å². The van der Waals surface area contributed by atoms with Crippen LogP contribution in [0.4, 0.5) is 5.69 Å². The summed E-state index contributed by atoms with van der Waals surface area (Å²) in [7, 11) is 0. The number of amides is 1. The fraction of sp³-hybridized carbons (Fsp3) is 0.556. The summed E-state index contributed by atoms with van der Waals surface area (Å²) < 4.78 is 0. The second-order valence-corrected chi connectivity index (χ2v) is 6.61. The quantitative estimate of drug-likeness (QED) is 0.933. The zero-order valence-electron chi connectivity index (χ0n) is 13.1. The van der Waals surface area contributed by atoms with Gasteiger partial charge in [0.25, 0.3) is 0 Å². The van der Waals surface area contributed by atoms with E-state index in [1.807, 2.05) is 12.1 Å². The molecule has 0 unspecified atom stereocenters. The Morgan fingerprint density at radius 3 is 2.82 bits per heavy atom. The molecule has 0 radical (unpaired) electrons. The standard InChI is InChI=1S/C18H23N3O/c1-14-11-15-7-3-4-8-16(15)21(14)12-17(22)20-18(13-19)9-5-2-6-10-18/h3-4,7-8,14H,2,5-6,9-12H2,1H3,(H,20,22)/t14-/m1/s1. The van der Waals surface area contributed by atoms with Crippen LogP contribution in [0.25, 0.3) is 0 Å². The van der Waals surface area contributed by atoms with Crippen molar-refractivity contribution in [3.63, 3.8) is 0 Å². The molecule has 3 rings (SSSR count). The van der Waals surface area contributed by atoms with Crippen LogP contribution in [0.5, 0.6) is 0 Å². The first kappa shape index (κ1) is 14.9. The van der Waals surface area contributed by atoms with Gasteiger partial charge in [-0.05, 0) is 37.8 Å². The highest BCUT2D eigenvalue weighted by Crippen LogP contribution is 2.32.